The third-order valence-electron chi connectivity index (χ3n) is 15.3. The Morgan fingerprint density at radius 2 is 1.17 bits per heavy atom. The van der Waals surface area contributed by atoms with Crippen LogP contribution in [0, 0.1) is 11.8 Å². The van der Waals surface area contributed by atoms with Crippen molar-refractivity contribution in [2.24, 2.45) is 23.3 Å². The number of imidazole rings is 1. The first-order valence-electron chi connectivity index (χ1n) is 27.8. The van der Waals surface area contributed by atoms with E-state index >= 15 is 0 Å². The fourth-order valence-corrected chi connectivity index (χ4v) is 10.4. The number of likely N-dealkylation sites (tertiary alicyclic amines) is 3. The minimum atomic E-state index is -1.69. The van der Waals surface area contributed by atoms with Crippen molar-refractivity contribution in [3.05, 3.63) is 83.9 Å². The molecule has 3 aromatic rings. The van der Waals surface area contributed by atoms with Crippen molar-refractivity contribution in [1.82, 2.24) is 56.6 Å². The lowest BCUT2D eigenvalue weighted by atomic mass is 9.97. The van der Waals surface area contributed by atoms with Crippen molar-refractivity contribution in [3.8, 4) is 5.75 Å². The molecule has 0 bridgehead atoms. The summed E-state index contributed by atoms with van der Waals surface area (Å²) in [6.07, 6.45) is 4.32. The second-order valence-corrected chi connectivity index (χ2v) is 21.6. The van der Waals surface area contributed by atoms with Crippen molar-refractivity contribution >= 4 is 65.0 Å². The summed E-state index contributed by atoms with van der Waals surface area (Å²) in [5, 5.41) is 35.4. The highest BCUT2D eigenvalue weighted by Gasteiger charge is 2.43. The van der Waals surface area contributed by atoms with Crippen LogP contribution < -0.4 is 43.4 Å². The zero-order valence-electron chi connectivity index (χ0n) is 46.6. The summed E-state index contributed by atoms with van der Waals surface area (Å²) in [6, 6.07) is 4.44. The van der Waals surface area contributed by atoms with Gasteiger partial charge >= 0.3 is 5.97 Å². The predicted molar refractivity (Wildman–Crippen MR) is 295 cm³/mol. The standard InChI is InChI=1S/C56H77N13O13/c1-5-32(4)47(53(78)62-37(26-35-28-59-30-61-35)48(73)65-40(56(81)82)27-44(57)71)66-51(76)42-15-9-21-67(42)45(72)29-60-49(74)41-14-10-22-68(41)54(79)38(24-33-12-7-6-8-13-33)63-50(75)43-16-11-23-69(43)55(80)39(64-52(77)46(58)31(2)3)25-34-17-19-36(70)20-18-34/h6-8,12-13,17-20,28,30-32,37-43,46-47,70H,5,9-11,14-16,21-27,29,58H2,1-4H3,(H2,57,71)(H,59,61)(H,60,74)(H,62,78)(H,63,75)(H,64,77)(H,65,73)(H,66,76)(H,81,82)/t32-,37-,38-,39-,40-,41-,42-,43-,46-,47-/m0/s1. The first-order valence-corrected chi connectivity index (χ1v) is 27.8. The minimum Gasteiger partial charge on any atom is -0.508 e. The Hall–Kier alpha value is -8.42. The summed E-state index contributed by atoms with van der Waals surface area (Å²) in [4.78, 5) is 161. The molecule has 0 spiro atoms. The number of nitrogens with one attached hydrogen (secondary N) is 7. The second-order valence-electron chi connectivity index (χ2n) is 21.6. The number of aromatic nitrogens is 2. The third kappa shape index (κ3) is 16.8. The molecule has 26 nitrogen and oxygen atoms in total. The first-order chi connectivity index (χ1) is 39.1. The van der Waals surface area contributed by atoms with Crippen molar-refractivity contribution in [1.29, 1.82) is 0 Å². The van der Waals surface area contributed by atoms with Crippen LogP contribution in [0.5, 0.6) is 5.75 Å². The molecule has 0 radical (unpaired) electrons. The van der Waals surface area contributed by atoms with Gasteiger partial charge in [0.1, 0.15) is 54.1 Å². The molecule has 2 aromatic carbocycles. The zero-order chi connectivity index (χ0) is 59.8. The number of hydrogen-bond acceptors (Lipinski definition) is 14. The lowest BCUT2D eigenvalue weighted by molar-refractivity contribution is -0.144. The van der Waals surface area contributed by atoms with E-state index in [9.17, 15) is 63.0 Å². The molecule has 3 aliphatic heterocycles. The van der Waals surface area contributed by atoms with Crippen LogP contribution in [0.2, 0.25) is 0 Å². The number of H-pyrrole nitrogens is 1. The van der Waals surface area contributed by atoms with Crippen LogP contribution in [0.1, 0.15) is 95.9 Å². The maximum atomic E-state index is 14.7. The van der Waals surface area contributed by atoms with Gasteiger partial charge in [-0.25, -0.2) is 9.78 Å². The molecule has 3 saturated heterocycles. The molecule has 0 saturated carbocycles. The molecular weight excluding hydrogens is 1060 g/mol. The molecule has 0 aliphatic carbocycles. The highest BCUT2D eigenvalue weighted by atomic mass is 16.4. The van der Waals surface area contributed by atoms with Crippen LogP contribution in [-0.2, 0) is 72.0 Å². The number of aliphatic carboxylic acids is 1. The number of primary amides is 1. The number of hydrogen-bond donors (Lipinski definition) is 11. The van der Waals surface area contributed by atoms with E-state index in [0.29, 0.717) is 42.5 Å². The monoisotopic (exact) mass is 1140 g/mol. The van der Waals surface area contributed by atoms with Crippen LogP contribution in [0.15, 0.2) is 67.1 Å². The molecule has 3 aliphatic rings. The second kappa shape index (κ2) is 29.3. The van der Waals surface area contributed by atoms with E-state index in [2.05, 4.69) is 41.9 Å². The number of aromatic amines is 1. The number of nitrogens with two attached hydrogens (primary N) is 2. The maximum Gasteiger partial charge on any atom is 0.326 e. The molecule has 26 heteroatoms. The average Bonchev–Trinajstić information content (AvgIpc) is 4.38. The Labute approximate surface area is 475 Å². The lowest BCUT2D eigenvalue weighted by Crippen LogP contribution is -2.60. The highest BCUT2D eigenvalue weighted by molar-refractivity contribution is 5.99. The maximum absolute atomic E-state index is 14.7. The Kier molecular flexibility index (Phi) is 22.5. The number of phenols is 1. The molecule has 3 fully saturated rings. The van der Waals surface area contributed by atoms with Gasteiger partial charge in [-0.3, -0.25) is 47.9 Å². The van der Waals surface area contributed by atoms with E-state index < -0.39 is 138 Å². The van der Waals surface area contributed by atoms with Gasteiger partial charge in [0.2, 0.25) is 59.1 Å². The van der Waals surface area contributed by atoms with Gasteiger partial charge in [0.05, 0.1) is 25.3 Å². The molecule has 13 N–H and O–H groups in total. The number of aromatic hydroxyl groups is 1. The van der Waals surface area contributed by atoms with Crippen molar-refractivity contribution in [2.45, 2.75) is 153 Å². The van der Waals surface area contributed by atoms with Crippen LogP contribution in [0.3, 0.4) is 0 Å². The number of phenolic OH excluding ortho intramolecular Hbond substituents is 1. The van der Waals surface area contributed by atoms with E-state index in [1.54, 1.807) is 70.2 Å². The van der Waals surface area contributed by atoms with Crippen LogP contribution in [0.25, 0.3) is 0 Å². The van der Waals surface area contributed by atoms with E-state index in [1.165, 1.54) is 39.4 Å². The van der Waals surface area contributed by atoms with Crippen LogP contribution in [0.4, 0.5) is 0 Å². The third-order valence-corrected chi connectivity index (χ3v) is 15.3. The Bertz CT molecular complexity index is 2760. The number of carboxylic acid groups (broad SMARTS) is 1. The fourth-order valence-electron chi connectivity index (χ4n) is 10.4. The molecule has 82 heavy (non-hydrogen) atoms. The number of nitrogens with zero attached hydrogens (tertiary/aromatic N) is 4. The minimum absolute atomic E-state index is 0.0163. The number of carbonyl (C=O) groups is 11. The van der Waals surface area contributed by atoms with E-state index in [-0.39, 0.29) is 69.8 Å². The first kappa shape index (κ1) is 62.8. The zero-order valence-corrected chi connectivity index (χ0v) is 46.6. The van der Waals surface area contributed by atoms with Gasteiger partial charge in [0.15, 0.2) is 0 Å². The summed E-state index contributed by atoms with van der Waals surface area (Å²) in [6.45, 7) is 6.98. The lowest BCUT2D eigenvalue weighted by Gasteiger charge is -2.32. The van der Waals surface area contributed by atoms with Gasteiger partial charge in [-0.05, 0) is 73.6 Å². The molecular formula is C56H77N13O13. The largest absolute Gasteiger partial charge is 0.508 e. The number of benzene rings is 2. The summed E-state index contributed by atoms with van der Waals surface area (Å²) in [5.41, 5.74) is 13.1. The summed E-state index contributed by atoms with van der Waals surface area (Å²) in [5.74, 6) is -9.14. The molecule has 1 aromatic heterocycles. The summed E-state index contributed by atoms with van der Waals surface area (Å²) in [7, 11) is 0. The summed E-state index contributed by atoms with van der Waals surface area (Å²) < 4.78 is 0. The van der Waals surface area contributed by atoms with Gasteiger partial charge in [-0.15, -0.1) is 0 Å². The molecule has 10 amide bonds. The fraction of sp³-hybridized carbons (Fsp3) is 0.536. The van der Waals surface area contributed by atoms with Gasteiger partial charge in [-0.1, -0.05) is 76.6 Å². The topological polar surface area (TPSA) is 391 Å². The molecule has 6 rings (SSSR count). The smallest absolute Gasteiger partial charge is 0.326 e. The number of carbonyl (C=O) groups excluding carboxylic acids is 10. The van der Waals surface area contributed by atoms with Crippen molar-refractivity contribution < 1.29 is 63.0 Å². The summed E-state index contributed by atoms with van der Waals surface area (Å²) >= 11 is 0. The van der Waals surface area contributed by atoms with Gasteiger partial charge in [0.25, 0.3) is 0 Å². The number of carboxylic acids is 1. The van der Waals surface area contributed by atoms with E-state index in [0.717, 1.165) is 0 Å². The molecule has 444 valence electrons. The Morgan fingerprint density at radius 1 is 0.646 bits per heavy atom. The Morgan fingerprint density at radius 3 is 1.72 bits per heavy atom. The van der Waals surface area contributed by atoms with Crippen molar-refractivity contribution in [3.63, 3.8) is 0 Å². The quantitative estimate of drug-likeness (QED) is 0.0420. The van der Waals surface area contributed by atoms with Crippen LogP contribution >= 0.6 is 0 Å². The highest BCUT2D eigenvalue weighted by Crippen LogP contribution is 2.25. The number of rotatable bonds is 27. The predicted octanol–water partition coefficient (Wildman–Crippen LogP) is -1.35. The normalized spacial score (nSPS) is 19.4. The van der Waals surface area contributed by atoms with Gasteiger partial charge in [0, 0.05) is 50.8 Å². The average molecular weight is 1140 g/mol. The Balaban J connectivity index is 1.11. The van der Waals surface area contributed by atoms with Crippen molar-refractivity contribution in [2.75, 3.05) is 26.2 Å². The molecule has 10 atom stereocenters. The van der Waals surface area contributed by atoms with Gasteiger partial charge in [-0.2, -0.15) is 0 Å². The van der Waals surface area contributed by atoms with E-state index in [4.69, 9.17) is 11.5 Å². The van der Waals surface area contributed by atoms with E-state index in [1.807, 2.05) is 0 Å². The SMILES string of the molecule is CC[C@H](C)[C@H](NC(=O)[C@@H]1CCCN1C(=O)CNC(=O)[C@@H]1CCCN1C(=O)[C@H](Cc1ccccc1)NC(=O)[C@@H]1CCCN1C(=O)[C@H](Cc1ccc(O)cc1)NC(=O)[C@@H](N)C(C)C)C(=O)N[C@@H](Cc1cnc[nH]1)C(=O)N[C@@H](CC(N)=O)C(=O)O. The molecule has 4 heterocycles. The van der Waals surface area contributed by atoms with Gasteiger partial charge < -0.3 is 73.3 Å². The molecule has 0 unspecified atom stereocenters. The number of amides is 10. The van der Waals surface area contributed by atoms with Crippen LogP contribution in [-0.4, -0.2) is 180 Å².